The Balaban J connectivity index is 2.71. The number of methoxy groups -OCH3 is 1. The second kappa shape index (κ2) is 3.86. The Hall–Kier alpha value is -0.250. The molecule has 0 spiro atoms. The molecule has 0 saturated heterocycles. The molecule has 0 aromatic heterocycles. The second-order valence-electron chi connectivity index (χ2n) is 4.21. The third kappa shape index (κ3) is 2.36. The molecule has 1 atom stereocenters. The van der Waals surface area contributed by atoms with Crippen molar-refractivity contribution in [2.75, 3.05) is 13.8 Å². The Morgan fingerprint density at radius 2 is 2.23 bits per heavy atom. The molecule has 1 aliphatic heterocycles. The molecule has 76 valence electrons. The van der Waals surface area contributed by atoms with Crippen LogP contribution in [0.5, 0.6) is 0 Å². The van der Waals surface area contributed by atoms with Crippen molar-refractivity contribution in [1.82, 2.24) is 5.06 Å². The molecule has 3 nitrogen and oxygen atoms in total. The monoisotopic (exact) mass is 205 g/mol. The standard InChI is InChI=1S/C9H16ClNO2/c1-9(2,3)8-7(10)5-13-11(8)6-12-4/h5,8H,6H2,1-4H3. The summed E-state index contributed by atoms with van der Waals surface area (Å²) < 4.78 is 5.01. The lowest BCUT2D eigenvalue weighted by Crippen LogP contribution is -2.41. The van der Waals surface area contributed by atoms with Crippen molar-refractivity contribution >= 4 is 11.6 Å². The van der Waals surface area contributed by atoms with E-state index in [-0.39, 0.29) is 11.5 Å². The molecule has 0 aliphatic carbocycles. The lowest BCUT2D eigenvalue weighted by atomic mass is 9.87. The Labute approximate surface area is 84.2 Å². The van der Waals surface area contributed by atoms with Gasteiger partial charge in [-0.1, -0.05) is 32.4 Å². The van der Waals surface area contributed by atoms with Gasteiger partial charge in [0.15, 0.2) is 0 Å². The van der Waals surface area contributed by atoms with Crippen LogP contribution in [0.4, 0.5) is 0 Å². The minimum absolute atomic E-state index is 0.0443. The van der Waals surface area contributed by atoms with Crippen molar-refractivity contribution in [2.24, 2.45) is 5.41 Å². The molecular formula is C9H16ClNO2. The number of hydroxylamine groups is 2. The van der Waals surface area contributed by atoms with Gasteiger partial charge in [-0.2, -0.15) is 0 Å². The fourth-order valence-corrected chi connectivity index (χ4v) is 1.93. The van der Waals surface area contributed by atoms with Gasteiger partial charge in [0, 0.05) is 7.11 Å². The predicted octanol–water partition coefficient (Wildman–Crippen LogP) is 2.33. The first kappa shape index (κ1) is 10.8. The molecule has 0 saturated carbocycles. The Morgan fingerprint density at radius 1 is 1.62 bits per heavy atom. The van der Waals surface area contributed by atoms with Gasteiger partial charge in [-0.05, 0) is 5.41 Å². The molecule has 1 aliphatic rings. The third-order valence-electron chi connectivity index (χ3n) is 1.93. The maximum atomic E-state index is 6.03. The molecule has 4 heteroatoms. The SMILES string of the molecule is COCN1OC=C(Cl)C1C(C)(C)C. The second-order valence-corrected chi connectivity index (χ2v) is 4.65. The first-order valence-electron chi connectivity index (χ1n) is 4.24. The predicted molar refractivity (Wildman–Crippen MR) is 52.0 cm³/mol. The van der Waals surface area contributed by atoms with Crippen LogP contribution in [0.15, 0.2) is 11.3 Å². The van der Waals surface area contributed by atoms with Crippen LogP contribution < -0.4 is 0 Å². The fraction of sp³-hybridized carbons (Fsp3) is 0.778. The van der Waals surface area contributed by atoms with E-state index in [4.69, 9.17) is 21.2 Å². The van der Waals surface area contributed by atoms with Gasteiger partial charge in [0.25, 0.3) is 0 Å². The molecule has 1 heterocycles. The largest absolute Gasteiger partial charge is 0.410 e. The van der Waals surface area contributed by atoms with Crippen molar-refractivity contribution in [1.29, 1.82) is 0 Å². The van der Waals surface area contributed by atoms with Gasteiger partial charge >= 0.3 is 0 Å². The lowest BCUT2D eigenvalue weighted by molar-refractivity contribution is -0.178. The summed E-state index contributed by atoms with van der Waals surface area (Å²) in [7, 11) is 1.63. The van der Waals surface area contributed by atoms with Crippen molar-refractivity contribution < 1.29 is 9.57 Å². The van der Waals surface area contributed by atoms with Crippen molar-refractivity contribution in [2.45, 2.75) is 26.8 Å². The summed E-state index contributed by atoms with van der Waals surface area (Å²) in [6, 6.07) is 0.0779. The van der Waals surface area contributed by atoms with Crippen LogP contribution in [-0.2, 0) is 9.57 Å². The smallest absolute Gasteiger partial charge is 0.133 e. The summed E-state index contributed by atoms with van der Waals surface area (Å²) in [5.74, 6) is 0. The van der Waals surface area contributed by atoms with E-state index in [0.29, 0.717) is 6.73 Å². The molecule has 0 aromatic rings. The average Bonchev–Trinajstić information content (AvgIpc) is 2.31. The first-order valence-corrected chi connectivity index (χ1v) is 4.62. The van der Waals surface area contributed by atoms with E-state index in [9.17, 15) is 0 Å². The van der Waals surface area contributed by atoms with Gasteiger partial charge < -0.3 is 9.57 Å². The van der Waals surface area contributed by atoms with E-state index in [1.807, 2.05) is 0 Å². The summed E-state index contributed by atoms with van der Waals surface area (Å²) in [5, 5.41) is 2.46. The maximum Gasteiger partial charge on any atom is 0.133 e. The zero-order chi connectivity index (χ0) is 10.1. The highest BCUT2D eigenvalue weighted by Crippen LogP contribution is 2.35. The zero-order valence-electron chi connectivity index (χ0n) is 8.50. The number of rotatable bonds is 2. The summed E-state index contributed by atoms with van der Waals surface area (Å²) in [6.07, 6.45) is 1.57. The molecule has 0 amide bonds. The van der Waals surface area contributed by atoms with Crippen LogP contribution in [0.3, 0.4) is 0 Å². The van der Waals surface area contributed by atoms with Crippen LogP contribution in [0, 0.1) is 5.41 Å². The molecule has 1 unspecified atom stereocenters. The third-order valence-corrected chi connectivity index (χ3v) is 2.22. The van der Waals surface area contributed by atoms with Crippen LogP contribution in [-0.4, -0.2) is 24.9 Å². The van der Waals surface area contributed by atoms with Gasteiger partial charge in [0.05, 0.1) is 11.1 Å². The van der Waals surface area contributed by atoms with Gasteiger partial charge in [0.1, 0.15) is 13.0 Å². The van der Waals surface area contributed by atoms with Crippen LogP contribution in [0.1, 0.15) is 20.8 Å². The molecule has 13 heavy (non-hydrogen) atoms. The molecule has 1 rings (SSSR count). The van der Waals surface area contributed by atoms with Gasteiger partial charge in [0.2, 0.25) is 0 Å². The van der Waals surface area contributed by atoms with Crippen molar-refractivity contribution in [3.63, 3.8) is 0 Å². The minimum atomic E-state index is 0.0443. The molecular weight excluding hydrogens is 190 g/mol. The zero-order valence-corrected chi connectivity index (χ0v) is 9.26. The Morgan fingerprint density at radius 3 is 2.69 bits per heavy atom. The highest BCUT2D eigenvalue weighted by molar-refractivity contribution is 6.30. The van der Waals surface area contributed by atoms with Crippen molar-refractivity contribution in [3.05, 3.63) is 11.3 Å². The highest BCUT2D eigenvalue weighted by Gasteiger charge is 2.38. The number of hydrogen-bond donors (Lipinski definition) is 0. The van der Waals surface area contributed by atoms with Crippen molar-refractivity contribution in [3.8, 4) is 0 Å². The summed E-state index contributed by atoms with van der Waals surface area (Å²) in [4.78, 5) is 5.26. The van der Waals surface area contributed by atoms with E-state index in [1.54, 1.807) is 18.4 Å². The quantitative estimate of drug-likeness (QED) is 0.691. The summed E-state index contributed by atoms with van der Waals surface area (Å²) >= 11 is 6.03. The van der Waals surface area contributed by atoms with Gasteiger partial charge in [-0.15, -0.1) is 5.06 Å². The van der Waals surface area contributed by atoms with E-state index >= 15 is 0 Å². The molecule has 0 bridgehead atoms. The number of nitrogens with zero attached hydrogens (tertiary/aromatic N) is 1. The van der Waals surface area contributed by atoms with Gasteiger partial charge in [-0.3, -0.25) is 0 Å². The van der Waals surface area contributed by atoms with E-state index in [0.717, 1.165) is 5.03 Å². The number of hydrogen-bond acceptors (Lipinski definition) is 3. The summed E-state index contributed by atoms with van der Waals surface area (Å²) in [6.45, 7) is 6.77. The molecule has 0 radical (unpaired) electrons. The number of ether oxygens (including phenoxy) is 1. The van der Waals surface area contributed by atoms with Crippen LogP contribution in [0.25, 0.3) is 0 Å². The van der Waals surface area contributed by atoms with Crippen LogP contribution in [0.2, 0.25) is 0 Å². The topological polar surface area (TPSA) is 21.7 Å². The highest BCUT2D eigenvalue weighted by atomic mass is 35.5. The van der Waals surface area contributed by atoms with E-state index in [2.05, 4.69) is 20.8 Å². The molecule has 0 aromatic carbocycles. The minimum Gasteiger partial charge on any atom is -0.410 e. The Bertz CT molecular complexity index is 210. The molecule has 0 N–H and O–H groups in total. The Kier molecular flexibility index (Phi) is 3.22. The average molecular weight is 206 g/mol. The van der Waals surface area contributed by atoms with E-state index in [1.165, 1.54) is 0 Å². The lowest BCUT2D eigenvalue weighted by Gasteiger charge is -2.32. The van der Waals surface area contributed by atoms with Gasteiger partial charge in [-0.25, -0.2) is 0 Å². The first-order chi connectivity index (χ1) is 5.96. The number of halogens is 1. The normalized spacial score (nSPS) is 24.4. The molecule has 0 fully saturated rings. The van der Waals surface area contributed by atoms with Crippen LogP contribution >= 0.6 is 11.6 Å². The van der Waals surface area contributed by atoms with E-state index < -0.39 is 0 Å². The fourth-order valence-electron chi connectivity index (χ4n) is 1.46. The summed E-state index contributed by atoms with van der Waals surface area (Å²) in [5.41, 5.74) is 0.0443. The maximum absolute atomic E-state index is 6.03.